The minimum Gasteiger partial charge on any atom is -0.343 e. The number of halogens is 3. The van der Waals surface area contributed by atoms with Gasteiger partial charge in [-0.15, -0.1) is 0 Å². The Morgan fingerprint density at radius 3 is 2.59 bits per heavy atom. The molecule has 0 aromatic carbocycles. The summed E-state index contributed by atoms with van der Waals surface area (Å²) >= 11 is 0. The van der Waals surface area contributed by atoms with Crippen LogP contribution in [0.15, 0.2) is 4.79 Å². The van der Waals surface area contributed by atoms with Crippen molar-refractivity contribution in [2.75, 3.05) is 19.6 Å². The monoisotopic (exact) mass is 416 g/mol. The lowest BCUT2D eigenvalue weighted by Gasteiger charge is -2.23. The molecule has 6 nitrogen and oxygen atoms in total. The van der Waals surface area contributed by atoms with Crippen molar-refractivity contribution in [3.8, 4) is 0 Å². The lowest BCUT2D eigenvalue weighted by atomic mass is 10.0. The third-order valence-electron chi connectivity index (χ3n) is 5.37. The Balaban J connectivity index is 2.02. The number of aromatic nitrogens is 2. The Morgan fingerprint density at radius 1 is 1.24 bits per heavy atom. The summed E-state index contributed by atoms with van der Waals surface area (Å²) < 4.78 is 39.9. The van der Waals surface area contributed by atoms with E-state index in [9.17, 15) is 22.8 Å². The third kappa shape index (κ3) is 5.81. The predicted molar refractivity (Wildman–Crippen MR) is 104 cm³/mol. The van der Waals surface area contributed by atoms with Crippen LogP contribution < -0.4 is 10.9 Å². The maximum Gasteiger partial charge on any atom is 0.422 e. The molecule has 0 radical (unpaired) electrons. The van der Waals surface area contributed by atoms with Gasteiger partial charge in [-0.1, -0.05) is 33.6 Å². The Labute approximate surface area is 169 Å². The zero-order valence-electron chi connectivity index (χ0n) is 17.4. The van der Waals surface area contributed by atoms with Gasteiger partial charge in [0.25, 0.3) is 5.56 Å². The number of nitrogens with zero attached hydrogens (tertiary/aromatic N) is 2. The van der Waals surface area contributed by atoms with Gasteiger partial charge in [0.1, 0.15) is 5.56 Å². The van der Waals surface area contributed by atoms with Gasteiger partial charge in [-0.25, -0.2) is 5.10 Å². The van der Waals surface area contributed by atoms with Gasteiger partial charge in [0.2, 0.25) is 5.91 Å². The fourth-order valence-corrected chi connectivity index (χ4v) is 3.95. The number of nitrogens with one attached hydrogen (secondary N) is 2. The highest BCUT2D eigenvalue weighted by Crippen LogP contribution is 2.39. The van der Waals surface area contributed by atoms with Crippen molar-refractivity contribution in [1.29, 1.82) is 0 Å². The van der Waals surface area contributed by atoms with Crippen molar-refractivity contribution < 1.29 is 18.0 Å². The minimum atomic E-state index is -4.72. The normalized spacial score (nSPS) is 18.7. The molecule has 0 saturated carbocycles. The molecule has 9 heteroatoms. The van der Waals surface area contributed by atoms with E-state index in [4.69, 9.17) is 0 Å². The van der Waals surface area contributed by atoms with E-state index in [0.29, 0.717) is 13.1 Å². The summed E-state index contributed by atoms with van der Waals surface area (Å²) in [5.74, 6) is -0.105. The lowest BCUT2D eigenvalue weighted by Crippen LogP contribution is -2.36. The predicted octanol–water partition coefficient (Wildman–Crippen LogP) is 3.43. The zero-order valence-corrected chi connectivity index (χ0v) is 17.4. The first-order chi connectivity index (χ1) is 13.7. The van der Waals surface area contributed by atoms with Crippen molar-refractivity contribution in [3.63, 3.8) is 0 Å². The average Bonchev–Trinajstić information content (AvgIpc) is 2.94. The van der Waals surface area contributed by atoms with Crippen LogP contribution in [0.2, 0.25) is 0 Å². The molecule has 0 fully saturated rings. The first-order valence-corrected chi connectivity index (χ1v) is 10.4. The SMILES string of the molecule is CCCCCN(CCC)C(=O)CCNC1c2n[nH]c(=O)c(C(F)(F)F)c2CC1C. The molecule has 2 rings (SSSR count). The van der Waals surface area contributed by atoms with E-state index in [0.717, 1.165) is 32.2 Å². The molecule has 1 aliphatic rings. The number of hydrogen-bond donors (Lipinski definition) is 2. The van der Waals surface area contributed by atoms with E-state index < -0.39 is 23.3 Å². The second-order valence-electron chi connectivity index (χ2n) is 7.74. The van der Waals surface area contributed by atoms with E-state index in [2.05, 4.69) is 17.3 Å². The summed E-state index contributed by atoms with van der Waals surface area (Å²) in [5.41, 5.74) is -2.17. The van der Waals surface area contributed by atoms with Crippen LogP contribution in [0.4, 0.5) is 13.2 Å². The summed E-state index contributed by atoms with van der Waals surface area (Å²) in [4.78, 5) is 26.1. The fraction of sp³-hybridized carbons (Fsp3) is 0.750. The average molecular weight is 416 g/mol. The molecule has 2 unspecified atom stereocenters. The molecule has 29 heavy (non-hydrogen) atoms. The Morgan fingerprint density at radius 2 is 1.97 bits per heavy atom. The van der Waals surface area contributed by atoms with Crippen LogP contribution in [0.25, 0.3) is 0 Å². The number of alkyl halides is 3. The molecule has 1 amide bonds. The molecule has 0 bridgehead atoms. The summed E-state index contributed by atoms with van der Waals surface area (Å²) in [7, 11) is 0. The molecular formula is C20H31F3N4O2. The molecular weight excluding hydrogens is 385 g/mol. The van der Waals surface area contributed by atoms with Gasteiger partial charge < -0.3 is 10.2 Å². The zero-order chi connectivity index (χ0) is 21.6. The second kappa shape index (κ2) is 10.2. The number of hydrogen-bond acceptors (Lipinski definition) is 4. The van der Waals surface area contributed by atoms with Crippen molar-refractivity contribution in [1.82, 2.24) is 20.4 Å². The molecule has 1 aromatic rings. The molecule has 2 atom stereocenters. The second-order valence-corrected chi connectivity index (χ2v) is 7.74. The van der Waals surface area contributed by atoms with E-state index in [1.54, 1.807) is 0 Å². The van der Waals surface area contributed by atoms with Crippen LogP contribution in [-0.4, -0.2) is 40.6 Å². The van der Waals surface area contributed by atoms with Crippen molar-refractivity contribution in [3.05, 3.63) is 27.2 Å². The van der Waals surface area contributed by atoms with Crippen LogP contribution in [-0.2, 0) is 17.4 Å². The van der Waals surface area contributed by atoms with Crippen molar-refractivity contribution in [2.24, 2.45) is 5.92 Å². The first kappa shape index (κ1) is 23.4. The summed E-state index contributed by atoms with van der Waals surface area (Å²) in [6, 6.07) is -0.421. The summed E-state index contributed by atoms with van der Waals surface area (Å²) in [6.45, 7) is 7.76. The highest BCUT2D eigenvalue weighted by molar-refractivity contribution is 5.76. The Bertz CT molecular complexity index is 748. The van der Waals surface area contributed by atoms with Crippen LogP contribution in [0, 0.1) is 5.92 Å². The lowest BCUT2D eigenvalue weighted by molar-refractivity contribution is -0.139. The number of amides is 1. The highest BCUT2D eigenvalue weighted by Gasteiger charge is 2.43. The van der Waals surface area contributed by atoms with Crippen LogP contribution in [0.1, 0.15) is 75.7 Å². The molecule has 1 heterocycles. The van der Waals surface area contributed by atoms with Crippen LogP contribution in [0.3, 0.4) is 0 Å². The van der Waals surface area contributed by atoms with Gasteiger partial charge in [-0.3, -0.25) is 9.59 Å². The van der Waals surface area contributed by atoms with Crippen LogP contribution >= 0.6 is 0 Å². The first-order valence-electron chi connectivity index (χ1n) is 10.4. The standard InChI is InChI=1S/C20H31F3N4O2/c1-4-6-7-11-27(10-5-2)15(28)8-9-24-17-13(3)12-14-16(20(21,22)23)19(29)26-25-18(14)17/h13,17,24H,4-12H2,1-3H3,(H,26,29). The number of carbonyl (C=O) groups excluding carboxylic acids is 1. The van der Waals surface area contributed by atoms with E-state index >= 15 is 0 Å². The summed E-state index contributed by atoms with van der Waals surface area (Å²) in [6.07, 6.45) is -0.288. The topological polar surface area (TPSA) is 78.1 Å². The number of H-pyrrole nitrogens is 1. The smallest absolute Gasteiger partial charge is 0.343 e. The van der Waals surface area contributed by atoms with Gasteiger partial charge >= 0.3 is 6.18 Å². The van der Waals surface area contributed by atoms with E-state index in [1.807, 2.05) is 23.8 Å². The molecule has 0 aliphatic heterocycles. The summed E-state index contributed by atoms with van der Waals surface area (Å²) in [5, 5.41) is 9.04. The van der Waals surface area contributed by atoms with E-state index in [-0.39, 0.29) is 35.9 Å². The van der Waals surface area contributed by atoms with Gasteiger partial charge in [-0.2, -0.15) is 18.3 Å². The molecule has 164 valence electrons. The largest absolute Gasteiger partial charge is 0.422 e. The van der Waals surface area contributed by atoms with Gasteiger partial charge in [0.15, 0.2) is 0 Å². The minimum absolute atomic E-state index is 0.0373. The number of aromatic amines is 1. The van der Waals surface area contributed by atoms with Crippen LogP contribution in [0.5, 0.6) is 0 Å². The third-order valence-corrected chi connectivity index (χ3v) is 5.37. The molecule has 1 aromatic heterocycles. The van der Waals surface area contributed by atoms with Crippen molar-refractivity contribution in [2.45, 2.75) is 71.5 Å². The maximum absolute atomic E-state index is 13.3. The molecule has 2 N–H and O–H groups in total. The van der Waals surface area contributed by atoms with Crippen molar-refractivity contribution >= 4 is 5.91 Å². The number of rotatable bonds is 10. The van der Waals surface area contributed by atoms with Gasteiger partial charge in [0, 0.05) is 26.1 Å². The Kier molecular flexibility index (Phi) is 8.24. The fourth-order valence-electron chi connectivity index (χ4n) is 3.95. The highest BCUT2D eigenvalue weighted by atomic mass is 19.4. The molecule has 0 saturated heterocycles. The number of carbonyl (C=O) groups is 1. The van der Waals surface area contributed by atoms with E-state index in [1.165, 1.54) is 0 Å². The molecule has 1 aliphatic carbocycles. The quantitative estimate of drug-likeness (QED) is 0.573. The number of unbranched alkanes of at least 4 members (excludes halogenated alkanes) is 2. The molecule has 0 spiro atoms. The maximum atomic E-state index is 13.3. The van der Waals surface area contributed by atoms with Gasteiger partial charge in [-0.05, 0) is 30.7 Å². The van der Waals surface area contributed by atoms with Gasteiger partial charge in [0.05, 0.1) is 11.7 Å². The number of fused-ring (bicyclic) bond motifs is 1. The Hall–Kier alpha value is -1.90.